The first-order valence-corrected chi connectivity index (χ1v) is 12.4. The van der Waals surface area contributed by atoms with Crippen LogP contribution in [0.5, 0.6) is 0 Å². The molecule has 0 bridgehead atoms. The third kappa shape index (κ3) is 7.22. The summed E-state index contributed by atoms with van der Waals surface area (Å²) in [6, 6.07) is 0.00603. The van der Waals surface area contributed by atoms with Gasteiger partial charge in [0.05, 0.1) is 5.38 Å². The Hall–Kier alpha value is -1.06. The Kier molecular flexibility index (Phi) is 9.49. The van der Waals surface area contributed by atoms with E-state index in [1.165, 1.54) is 0 Å². The number of nitrogens with one attached hydrogen (secondary N) is 4. The van der Waals surface area contributed by atoms with E-state index in [0.29, 0.717) is 38.1 Å². The van der Waals surface area contributed by atoms with Gasteiger partial charge >= 0.3 is 0 Å². The normalized spacial score (nSPS) is 39.5. The first-order valence-electron chi connectivity index (χ1n) is 12.0. The molecule has 0 spiro atoms. The molecular weight excluding hydrogens is 443 g/mol. The van der Waals surface area contributed by atoms with E-state index in [2.05, 4.69) is 33.4 Å². The Balaban J connectivity index is 1.62. The van der Waals surface area contributed by atoms with Crippen LogP contribution in [0.1, 0.15) is 71.6 Å². The molecule has 2 aliphatic carbocycles. The number of rotatable bonds is 6. The number of hydrazine groups is 1. The zero-order chi connectivity index (χ0) is 23.3. The Morgan fingerprint density at radius 2 is 1.81 bits per heavy atom. The van der Waals surface area contributed by atoms with Gasteiger partial charge in [0.15, 0.2) is 5.96 Å². The van der Waals surface area contributed by atoms with Crippen LogP contribution in [-0.2, 0) is 4.79 Å². The molecule has 3 fully saturated rings. The van der Waals surface area contributed by atoms with E-state index in [9.17, 15) is 18.0 Å². The molecular formula is C22H37ClF3N5O. The molecule has 1 amide bonds. The van der Waals surface area contributed by atoms with E-state index < -0.39 is 29.8 Å². The van der Waals surface area contributed by atoms with E-state index in [4.69, 9.17) is 11.6 Å². The molecule has 1 saturated heterocycles. The number of hydrogen-bond donors (Lipinski definition) is 4. The molecule has 3 aliphatic rings. The average molecular weight is 480 g/mol. The van der Waals surface area contributed by atoms with Crippen molar-refractivity contribution in [3.05, 3.63) is 0 Å². The van der Waals surface area contributed by atoms with Crippen molar-refractivity contribution in [1.29, 1.82) is 0 Å². The monoisotopic (exact) mass is 479 g/mol. The summed E-state index contributed by atoms with van der Waals surface area (Å²) in [4.78, 5) is 17.4. The van der Waals surface area contributed by atoms with Gasteiger partial charge in [-0.1, -0.05) is 13.3 Å². The Morgan fingerprint density at radius 1 is 1.09 bits per heavy atom. The van der Waals surface area contributed by atoms with E-state index in [1.54, 1.807) is 0 Å². The number of nitrogens with zero attached hydrogens (tertiary/aromatic N) is 1. The Labute approximate surface area is 193 Å². The third-order valence-corrected chi connectivity index (χ3v) is 7.30. The Bertz CT molecular complexity index is 647. The summed E-state index contributed by atoms with van der Waals surface area (Å²) in [6.45, 7) is 4.09. The second kappa shape index (κ2) is 11.9. The molecule has 6 nitrogen and oxygen atoms in total. The van der Waals surface area contributed by atoms with Gasteiger partial charge in [0.25, 0.3) is 0 Å². The van der Waals surface area contributed by atoms with Crippen molar-refractivity contribution in [2.75, 3.05) is 0 Å². The van der Waals surface area contributed by atoms with Crippen LogP contribution >= 0.6 is 11.6 Å². The number of alkyl halides is 4. The summed E-state index contributed by atoms with van der Waals surface area (Å²) in [5.41, 5.74) is 6.22. The quantitative estimate of drug-likeness (QED) is 0.266. The minimum absolute atomic E-state index is 0.0149. The fraction of sp³-hybridized carbons (Fsp3) is 0.909. The summed E-state index contributed by atoms with van der Waals surface area (Å²) in [6.07, 6.45) is 0.481. The second-order valence-corrected chi connectivity index (χ2v) is 10.2. The number of aliphatic imine (C=N–C) groups is 1. The number of carbonyl (C=O) groups excluding carboxylic acids is 1. The van der Waals surface area contributed by atoms with Crippen LogP contribution in [0.4, 0.5) is 13.2 Å². The maximum absolute atomic E-state index is 14.0. The number of carbonyl (C=O) groups is 1. The molecule has 32 heavy (non-hydrogen) atoms. The third-order valence-electron chi connectivity index (χ3n) is 6.81. The topological polar surface area (TPSA) is 77.6 Å². The van der Waals surface area contributed by atoms with Crippen LogP contribution in [0.25, 0.3) is 0 Å². The van der Waals surface area contributed by atoms with Crippen LogP contribution in [0.2, 0.25) is 0 Å². The molecule has 1 aliphatic heterocycles. The highest BCUT2D eigenvalue weighted by Crippen LogP contribution is 2.33. The lowest BCUT2D eigenvalue weighted by molar-refractivity contribution is -0.125. The summed E-state index contributed by atoms with van der Waals surface area (Å²) in [5, 5.41) is 5.57. The van der Waals surface area contributed by atoms with Gasteiger partial charge in [0, 0.05) is 30.8 Å². The van der Waals surface area contributed by atoms with Crippen LogP contribution in [-0.4, -0.2) is 54.0 Å². The molecule has 0 aromatic carbocycles. The van der Waals surface area contributed by atoms with E-state index in [0.717, 1.165) is 12.8 Å². The van der Waals surface area contributed by atoms with Crippen molar-refractivity contribution in [2.45, 2.75) is 114 Å². The predicted octanol–water partition coefficient (Wildman–Crippen LogP) is 3.65. The van der Waals surface area contributed by atoms with Gasteiger partial charge in [-0.25, -0.2) is 23.6 Å². The van der Waals surface area contributed by atoms with E-state index in [1.807, 2.05) is 6.92 Å². The standard InChI is InChI=1S/C22H37ClF3N5O/c1-3-4-12(2)27-22(29-21(32)13-5-6-17(23)18(26)9-13)28-20-11-19(30-31-20)14-7-15(24)10-16(25)8-14/h12-20,30-31H,3-11H2,1-2H3,(H2,27,28,29,32). The molecule has 1 heterocycles. The van der Waals surface area contributed by atoms with Gasteiger partial charge in [0.1, 0.15) is 24.7 Å². The molecule has 2 saturated carbocycles. The van der Waals surface area contributed by atoms with Crippen molar-refractivity contribution >= 4 is 23.5 Å². The maximum atomic E-state index is 14.0. The molecule has 8 atom stereocenters. The SMILES string of the molecule is CCCC(C)N/C(=N\C1CC(C2CC(F)CC(F)C2)NN1)NC(=O)C1CCC(Cl)C(F)C1. The number of amides is 1. The summed E-state index contributed by atoms with van der Waals surface area (Å²) >= 11 is 5.95. The lowest BCUT2D eigenvalue weighted by Crippen LogP contribution is -2.49. The summed E-state index contributed by atoms with van der Waals surface area (Å²) in [5.74, 6) is -0.462. The molecule has 10 heteroatoms. The second-order valence-electron chi connectivity index (χ2n) is 9.65. The van der Waals surface area contributed by atoms with E-state index in [-0.39, 0.29) is 42.9 Å². The smallest absolute Gasteiger partial charge is 0.229 e. The van der Waals surface area contributed by atoms with Gasteiger partial charge in [0.2, 0.25) is 5.91 Å². The highest BCUT2D eigenvalue weighted by atomic mass is 35.5. The maximum Gasteiger partial charge on any atom is 0.229 e. The molecule has 0 aromatic rings. The number of guanidine groups is 1. The summed E-state index contributed by atoms with van der Waals surface area (Å²) in [7, 11) is 0. The van der Waals surface area contributed by atoms with Gasteiger partial charge in [-0.2, -0.15) is 0 Å². The zero-order valence-electron chi connectivity index (χ0n) is 18.9. The lowest BCUT2D eigenvalue weighted by atomic mass is 9.81. The molecule has 4 N–H and O–H groups in total. The highest BCUT2D eigenvalue weighted by Gasteiger charge is 2.38. The largest absolute Gasteiger partial charge is 0.354 e. The van der Waals surface area contributed by atoms with E-state index >= 15 is 0 Å². The molecule has 0 radical (unpaired) electrons. The minimum atomic E-state index is -1.19. The van der Waals surface area contributed by atoms with Crippen molar-refractivity contribution in [1.82, 2.24) is 21.5 Å². The average Bonchev–Trinajstić information content (AvgIpc) is 3.18. The zero-order valence-corrected chi connectivity index (χ0v) is 19.7. The first-order chi connectivity index (χ1) is 15.2. The molecule has 8 unspecified atom stereocenters. The summed E-state index contributed by atoms with van der Waals surface area (Å²) < 4.78 is 41.7. The molecule has 3 rings (SSSR count). The van der Waals surface area contributed by atoms with Crippen LogP contribution in [0, 0.1) is 11.8 Å². The number of halogens is 4. The predicted molar refractivity (Wildman–Crippen MR) is 121 cm³/mol. The minimum Gasteiger partial charge on any atom is -0.354 e. The van der Waals surface area contributed by atoms with Crippen molar-refractivity contribution in [2.24, 2.45) is 16.8 Å². The fourth-order valence-electron chi connectivity index (χ4n) is 5.04. The van der Waals surface area contributed by atoms with Crippen molar-refractivity contribution < 1.29 is 18.0 Å². The van der Waals surface area contributed by atoms with Crippen molar-refractivity contribution in [3.8, 4) is 0 Å². The van der Waals surface area contributed by atoms with Gasteiger partial charge in [-0.3, -0.25) is 15.5 Å². The number of hydrogen-bond acceptors (Lipinski definition) is 4. The van der Waals surface area contributed by atoms with Gasteiger partial charge in [-0.15, -0.1) is 11.6 Å². The molecule has 0 aromatic heterocycles. The van der Waals surface area contributed by atoms with Crippen LogP contribution < -0.4 is 21.5 Å². The van der Waals surface area contributed by atoms with Crippen molar-refractivity contribution in [3.63, 3.8) is 0 Å². The van der Waals surface area contributed by atoms with Crippen LogP contribution in [0.3, 0.4) is 0 Å². The fourth-order valence-corrected chi connectivity index (χ4v) is 5.27. The lowest BCUT2D eigenvalue weighted by Gasteiger charge is -2.31. The Morgan fingerprint density at radius 3 is 2.47 bits per heavy atom. The molecule has 184 valence electrons. The first kappa shape index (κ1) is 25.6. The van der Waals surface area contributed by atoms with Crippen LogP contribution in [0.15, 0.2) is 4.99 Å². The highest BCUT2D eigenvalue weighted by molar-refractivity contribution is 6.21. The van der Waals surface area contributed by atoms with Gasteiger partial charge < -0.3 is 5.32 Å². The van der Waals surface area contributed by atoms with Gasteiger partial charge in [-0.05, 0) is 51.4 Å².